The number of rotatable bonds is 5. The third-order valence-corrected chi connectivity index (χ3v) is 3.40. The Labute approximate surface area is 118 Å². The Bertz CT molecular complexity index is 571. The molecule has 0 heterocycles. The topological polar surface area (TPSA) is 46.5 Å². The first-order valence-corrected chi connectivity index (χ1v) is 6.48. The second kappa shape index (κ2) is 5.88. The van der Waals surface area contributed by atoms with Gasteiger partial charge in [-0.05, 0) is 30.2 Å². The summed E-state index contributed by atoms with van der Waals surface area (Å²) in [6.45, 7) is 1.54. The predicted molar refractivity (Wildman–Crippen MR) is 77.7 cm³/mol. The first kappa shape index (κ1) is 14.3. The van der Waals surface area contributed by atoms with Crippen LogP contribution in [0.5, 0.6) is 5.75 Å². The van der Waals surface area contributed by atoms with Crippen molar-refractivity contribution in [2.75, 3.05) is 7.11 Å². The van der Waals surface area contributed by atoms with E-state index in [2.05, 4.69) is 0 Å². The van der Waals surface area contributed by atoms with Crippen LogP contribution in [0.4, 0.5) is 0 Å². The molecule has 0 radical (unpaired) electrons. The Morgan fingerprint density at radius 3 is 2.25 bits per heavy atom. The molecule has 1 atom stereocenters. The number of aliphatic hydroxyl groups is 1. The molecule has 2 rings (SSSR count). The molecule has 20 heavy (non-hydrogen) atoms. The van der Waals surface area contributed by atoms with Crippen LogP contribution in [0.15, 0.2) is 54.6 Å². The highest BCUT2D eigenvalue weighted by atomic mass is 16.5. The van der Waals surface area contributed by atoms with Crippen molar-refractivity contribution in [2.24, 2.45) is 0 Å². The van der Waals surface area contributed by atoms with Crippen molar-refractivity contribution < 1.29 is 14.6 Å². The summed E-state index contributed by atoms with van der Waals surface area (Å²) in [5, 5.41) is 10.4. The van der Waals surface area contributed by atoms with Gasteiger partial charge in [0.25, 0.3) is 0 Å². The maximum absolute atomic E-state index is 12.3. The van der Waals surface area contributed by atoms with Gasteiger partial charge in [-0.25, -0.2) is 0 Å². The van der Waals surface area contributed by atoms with E-state index in [0.717, 1.165) is 11.3 Å². The maximum atomic E-state index is 12.3. The second-order valence-electron chi connectivity index (χ2n) is 4.89. The van der Waals surface area contributed by atoms with Crippen molar-refractivity contribution in [3.8, 4) is 5.75 Å². The molecule has 0 fully saturated rings. The van der Waals surface area contributed by atoms with Crippen LogP contribution in [0.1, 0.15) is 18.1 Å². The lowest BCUT2D eigenvalue weighted by Gasteiger charge is -2.22. The SMILES string of the molecule is COc1ccc(CC(=O)C(C)(O)c2ccccc2)cc1. The van der Waals surface area contributed by atoms with E-state index in [9.17, 15) is 9.90 Å². The summed E-state index contributed by atoms with van der Waals surface area (Å²) in [6, 6.07) is 16.3. The largest absolute Gasteiger partial charge is 0.497 e. The van der Waals surface area contributed by atoms with Gasteiger partial charge in [0.15, 0.2) is 5.78 Å². The Kier molecular flexibility index (Phi) is 4.20. The average molecular weight is 270 g/mol. The number of carbonyl (C=O) groups is 1. The number of hydrogen-bond acceptors (Lipinski definition) is 3. The van der Waals surface area contributed by atoms with Gasteiger partial charge >= 0.3 is 0 Å². The minimum Gasteiger partial charge on any atom is -0.497 e. The minimum atomic E-state index is -1.47. The number of benzene rings is 2. The Hall–Kier alpha value is -2.13. The first-order chi connectivity index (χ1) is 9.54. The van der Waals surface area contributed by atoms with Gasteiger partial charge in [-0.15, -0.1) is 0 Å². The molecule has 0 aliphatic heterocycles. The molecule has 1 unspecified atom stereocenters. The van der Waals surface area contributed by atoms with Crippen LogP contribution in [-0.4, -0.2) is 18.0 Å². The van der Waals surface area contributed by atoms with Crippen LogP contribution in [0, 0.1) is 0 Å². The zero-order valence-corrected chi connectivity index (χ0v) is 11.7. The number of ether oxygens (including phenoxy) is 1. The molecule has 0 saturated carbocycles. The Morgan fingerprint density at radius 1 is 1.10 bits per heavy atom. The lowest BCUT2D eigenvalue weighted by atomic mass is 9.88. The highest BCUT2D eigenvalue weighted by molar-refractivity contribution is 5.89. The zero-order chi connectivity index (χ0) is 14.6. The van der Waals surface area contributed by atoms with E-state index in [1.807, 2.05) is 30.3 Å². The maximum Gasteiger partial charge on any atom is 0.172 e. The molecule has 0 aliphatic carbocycles. The highest BCUT2D eigenvalue weighted by Crippen LogP contribution is 2.23. The van der Waals surface area contributed by atoms with Gasteiger partial charge in [-0.3, -0.25) is 4.79 Å². The molecule has 3 heteroatoms. The molecule has 3 nitrogen and oxygen atoms in total. The van der Waals surface area contributed by atoms with Crippen molar-refractivity contribution in [2.45, 2.75) is 18.9 Å². The summed E-state index contributed by atoms with van der Waals surface area (Å²) in [6.07, 6.45) is 0.186. The Balaban J connectivity index is 2.14. The quantitative estimate of drug-likeness (QED) is 0.908. The van der Waals surface area contributed by atoms with Crippen LogP contribution < -0.4 is 4.74 Å². The summed E-state index contributed by atoms with van der Waals surface area (Å²) in [5.74, 6) is 0.518. The van der Waals surface area contributed by atoms with Gasteiger partial charge in [-0.1, -0.05) is 42.5 Å². The van der Waals surface area contributed by atoms with Gasteiger partial charge in [0.1, 0.15) is 11.4 Å². The van der Waals surface area contributed by atoms with Gasteiger partial charge in [0.05, 0.1) is 7.11 Å². The molecule has 1 N–H and O–H groups in total. The van der Waals surface area contributed by atoms with Gasteiger partial charge in [0.2, 0.25) is 0 Å². The predicted octanol–water partition coefficient (Wildman–Crippen LogP) is 2.71. The highest BCUT2D eigenvalue weighted by Gasteiger charge is 2.31. The smallest absolute Gasteiger partial charge is 0.172 e. The van der Waals surface area contributed by atoms with Crippen molar-refractivity contribution in [3.63, 3.8) is 0 Å². The number of Topliss-reactive ketones (excluding diaryl/α,β-unsaturated/α-hetero) is 1. The molecule has 0 bridgehead atoms. The van der Waals surface area contributed by atoms with E-state index in [-0.39, 0.29) is 12.2 Å². The van der Waals surface area contributed by atoms with Crippen LogP contribution in [0.2, 0.25) is 0 Å². The van der Waals surface area contributed by atoms with Gasteiger partial charge < -0.3 is 9.84 Å². The first-order valence-electron chi connectivity index (χ1n) is 6.48. The van der Waals surface area contributed by atoms with Crippen LogP contribution in [0.3, 0.4) is 0 Å². The number of hydrogen-bond donors (Lipinski definition) is 1. The summed E-state index contributed by atoms with van der Waals surface area (Å²) in [7, 11) is 1.60. The second-order valence-corrected chi connectivity index (χ2v) is 4.89. The molecule has 0 aromatic heterocycles. The molecule has 104 valence electrons. The van der Waals surface area contributed by atoms with Crippen molar-refractivity contribution >= 4 is 5.78 Å². The standard InChI is InChI=1S/C17H18O3/c1-17(19,14-6-4-3-5-7-14)16(18)12-13-8-10-15(20-2)11-9-13/h3-11,19H,12H2,1-2H3. The molecular formula is C17H18O3. The molecule has 2 aromatic carbocycles. The monoisotopic (exact) mass is 270 g/mol. The molecule has 0 aliphatic rings. The van der Waals surface area contributed by atoms with E-state index < -0.39 is 5.60 Å². The number of carbonyl (C=O) groups excluding carboxylic acids is 1. The normalized spacial score (nSPS) is 13.6. The fraction of sp³-hybridized carbons (Fsp3) is 0.235. The zero-order valence-electron chi connectivity index (χ0n) is 11.7. The van der Waals surface area contributed by atoms with Crippen LogP contribution in [-0.2, 0) is 16.8 Å². The number of ketones is 1. The Morgan fingerprint density at radius 2 is 1.70 bits per heavy atom. The molecule has 2 aromatic rings. The number of methoxy groups -OCH3 is 1. The van der Waals surface area contributed by atoms with E-state index in [4.69, 9.17) is 4.74 Å². The molecule has 0 spiro atoms. The van der Waals surface area contributed by atoms with Crippen LogP contribution in [0.25, 0.3) is 0 Å². The third-order valence-electron chi connectivity index (χ3n) is 3.40. The third kappa shape index (κ3) is 3.06. The molecule has 0 amide bonds. The van der Waals surface area contributed by atoms with Crippen molar-refractivity contribution in [1.82, 2.24) is 0 Å². The van der Waals surface area contributed by atoms with E-state index >= 15 is 0 Å². The van der Waals surface area contributed by atoms with Gasteiger partial charge in [-0.2, -0.15) is 0 Å². The summed E-state index contributed by atoms with van der Waals surface area (Å²) >= 11 is 0. The summed E-state index contributed by atoms with van der Waals surface area (Å²) in [5.41, 5.74) is -0.00760. The lowest BCUT2D eigenvalue weighted by molar-refractivity contribution is -0.135. The van der Waals surface area contributed by atoms with Crippen molar-refractivity contribution in [1.29, 1.82) is 0 Å². The average Bonchev–Trinajstić information content (AvgIpc) is 2.49. The van der Waals surface area contributed by atoms with E-state index in [1.54, 1.807) is 31.4 Å². The summed E-state index contributed by atoms with van der Waals surface area (Å²) in [4.78, 5) is 12.3. The summed E-state index contributed by atoms with van der Waals surface area (Å²) < 4.78 is 5.08. The van der Waals surface area contributed by atoms with Crippen molar-refractivity contribution in [3.05, 3.63) is 65.7 Å². The minimum absolute atomic E-state index is 0.186. The van der Waals surface area contributed by atoms with E-state index in [0.29, 0.717) is 5.56 Å². The fourth-order valence-corrected chi connectivity index (χ4v) is 2.02. The van der Waals surface area contributed by atoms with Crippen LogP contribution >= 0.6 is 0 Å². The van der Waals surface area contributed by atoms with Gasteiger partial charge in [0, 0.05) is 6.42 Å². The molecular weight excluding hydrogens is 252 g/mol. The molecule has 0 saturated heterocycles. The fourth-order valence-electron chi connectivity index (χ4n) is 2.02. The lowest BCUT2D eigenvalue weighted by Crippen LogP contribution is -2.33. The van der Waals surface area contributed by atoms with E-state index in [1.165, 1.54) is 6.92 Å².